The van der Waals surface area contributed by atoms with Gasteiger partial charge in [-0.1, -0.05) is 90.1 Å². The fourth-order valence-corrected chi connectivity index (χ4v) is 4.85. The molecule has 6 rings (SSSR count). The lowest BCUT2D eigenvalue weighted by atomic mass is 9.92. The minimum atomic E-state index is -2.64. The Bertz CT molecular complexity index is 2120. The number of furan rings is 1. The fraction of sp³-hybridized carbons (Fsp3) is 0.278. The van der Waals surface area contributed by atoms with E-state index in [2.05, 4.69) is 52.6 Å². The molecule has 0 saturated heterocycles. The first-order valence-electron chi connectivity index (χ1n) is 16.7. The molecule has 0 amide bonds. The van der Waals surface area contributed by atoms with Crippen LogP contribution in [0.1, 0.15) is 72.5 Å². The van der Waals surface area contributed by atoms with Gasteiger partial charge in [0.1, 0.15) is 22.8 Å². The van der Waals surface area contributed by atoms with E-state index in [4.69, 9.17) is 27.6 Å². The molecular formula is C36H36N4O. The minimum Gasteiger partial charge on any atom is -0.455 e. The third-order valence-electron chi connectivity index (χ3n) is 7.11. The smallest absolute Gasteiger partial charge is 0.163 e. The average molecular weight is 547 g/mol. The van der Waals surface area contributed by atoms with Crippen LogP contribution >= 0.6 is 0 Å². The van der Waals surface area contributed by atoms with Gasteiger partial charge in [0.25, 0.3) is 0 Å². The third kappa shape index (κ3) is 4.90. The maximum absolute atomic E-state index is 8.01. The van der Waals surface area contributed by atoms with Crippen molar-refractivity contribution in [3.8, 4) is 33.8 Å². The van der Waals surface area contributed by atoms with Gasteiger partial charge in [-0.2, -0.15) is 0 Å². The number of para-hydroxylation sites is 2. The molecule has 0 aliphatic rings. The minimum absolute atomic E-state index is 0.254. The van der Waals surface area contributed by atoms with Gasteiger partial charge < -0.3 is 4.42 Å². The molecule has 6 aromatic rings. The van der Waals surface area contributed by atoms with Crippen molar-refractivity contribution < 1.29 is 12.6 Å². The molecule has 206 valence electrons. The van der Waals surface area contributed by atoms with Crippen molar-refractivity contribution >= 4 is 21.9 Å². The second kappa shape index (κ2) is 9.62. The van der Waals surface area contributed by atoms with Gasteiger partial charge in [0.2, 0.25) is 0 Å². The van der Waals surface area contributed by atoms with Gasteiger partial charge in [-0.15, -0.1) is 0 Å². The van der Waals surface area contributed by atoms with Crippen molar-refractivity contribution in [3.63, 3.8) is 0 Å². The van der Waals surface area contributed by atoms with Gasteiger partial charge in [0.05, 0.1) is 5.69 Å². The normalized spacial score (nSPS) is 15.2. The summed E-state index contributed by atoms with van der Waals surface area (Å²) in [5.74, 6) is 2.06. The average Bonchev–Trinajstić information content (AvgIpc) is 3.38. The lowest BCUT2D eigenvalue weighted by molar-refractivity contribution is 0.497. The van der Waals surface area contributed by atoms with E-state index in [9.17, 15) is 0 Å². The highest BCUT2D eigenvalue weighted by Gasteiger charge is 2.25. The van der Waals surface area contributed by atoms with E-state index in [-0.39, 0.29) is 22.0 Å². The summed E-state index contributed by atoms with van der Waals surface area (Å²) < 4.78 is 54.1. The highest BCUT2D eigenvalue weighted by molar-refractivity contribution is 6.12. The van der Waals surface area contributed by atoms with Gasteiger partial charge in [-0.25, -0.2) is 15.0 Å². The Balaban J connectivity index is 1.51. The summed E-state index contributed by atoms with van der Waals surface area (Å²) in [7, 11) is 0. The Morgan fingerprint density at radius 2 is 1.22 bits per heavy atom. The molecule has 0 bridgehead atoms. The summed E-state index contributed by atoms with van der Waals surface area (Å²) in [6, 6.07) is 20.9. The molecule has 0 aliphatic carbocycles. The highest BCUT2D eigenvalue weighted by Crippen LogP contribution is 2.40. The fourth-order valence-electron chi connectivity index (χ4n) is 4.85. The Morgan fingerprint density at radius 3 is 1.85 bits per heavy atom. The predicted molar refractivity (Wildman–Crippen MR) is 168 cm³/mol. The molecule has 0 unspecified atom stereocenters. The maximum Gasteiger partial charge on any atom is 0.163 e. The number of hydrogen-bond acceptors (Lipinski definition) is 5. The van der Waals surface area contributed by atoms with Gasteiger partial charge in [0.15, 0.2) is 5.82 Å². The molecule has 0 aliphatic heterocycles. The van der Waals surface area contributed by atoms with Crippen LogP contribution in [0.3, 0.4) is 0 Å². The lowest BCUT2D eigenvalue weighted by Crippen LogP contribution is -2.24. The van der Waals surface area contributed by atoms with Gasteiger partial charge in [-0.05, 0) is 48.6 Å². The van der Waals surface area contributed by atoms with E-state index in [1.165, 1.54) is 6.07 Å². The first-order valence-corrected chi connectivity index (χ1v) is 13.7. The summed E-state index contributed by atoms with van der Waals surface area (Å²) in [6.07, 6.45) is 1.14. The Hall–Kier alpha value is -4.38. The summed E-state index contributed by atoms with van der Waals surface area (Å²) in [4.78, 5) is 19.0. The van der Waals surface area contributed by atoms with Crippen LogP contribution in [0.15, 0.2) is 77.3 Å². The van der Waals surface area contributed by atoms with E-state index >= 15 is 0 Å². The van der Waals surface area contributed by atoms with Crippen LogP contribution in [-0.4, -0.2) is 19.9 Å². The zero-order valence-corrected chi connectivity index (χ0v) is 24.1. The molecule has 0 radical (unpaired) electrons. The van der Waals surface area contributed by atoms with Gasteiger partial charge in [0, 0.05) is 52.7 Å². The molecule has 41 heavy (non-hydrogen) atoms. The second-order valence-electron chi connectivity index (χ2n) is 12.5. The van der Waals surface area contributed by atoms with E-state index in [0.717, 1.165) is 45.3 Å². The Kier molecular flexibility index (Phi) is 4.81. The molecule has 3 aromatic heterocycles. The van der Waals surface area contributed by atoms with Crippen LogP contribution in [0.25, 0.3) is 55.7 Å². The SMILES string of the molecule is [2H]C([2H])([2H])c1cnc(-c2cccc3c2oc2c(-c4cccc(-c5nc(C(C)(C)C)nc(C(C)(C)C)n5)c4)cccc23)cc1C([2H])([2H])[2H]. The number of fused-ring (bicyclic) bond motifs is 3. The summed E-state index contributed by atoms with van der Waals surface area (Å²) in [5.41, 5.74) is 3.62. The zero-order valence-electron chi connectivity index (χ0n) is 30.1. The summed E-state index contributed by atoms with van der Waals surface area (Å²) in [5, 5.41) is 1.71. The molecule has 5 heteroatoms. The molecule has 0 spiro atoms. The van der Waals surface area contributed by atoms with Crippen molar-refractivity contribution in [1.29, 1.82) is 0 Å². The summed E-state index contributed by atoms with van der Waals surface area (Å²) in [6.45, 7) is 7.29. The van der Waals surface area contributed by atoms with Crippen molar-refractivity contribution in [1.82, 2.24) is 19.9 Å². The monoisotopic (exact) mass is 546 g/mol. The summed E-state index contributed by atoms with van der Waals surface area (Å²) >= 11 is 0. The predicted octanol–water partition coefficient (Wildman–Crippen LogP) is 9.38. The topological polar surface area (TPSA) is 64.7 Å². The Morgan fingerprint density at radius 1 is 0.634 bits per heavy atom. The van der Waals surface area contributed by atoms with E-state index in [1.807, 2.05) is 48.5 Å². The van der Waals surface area contributed by atoms with E-state index in [1.54, 1.807) is 6.07 Å². The number of pyridine rings is 1. The second-order valence-corrected chi connectivity index (χ2v) is 12.5. The maximum atomic E-state index is 8.01. The largest absolute Gasteiger partial charge is 0.455 e. The lowest BCUT2D eigenvalue weighted by Gasteiger charge is -2.22. The van der Waals surface area contributed by atoms with Crippen molar-refractivity contribution in [2.45, 2.75) is 66.1 Å². The van der Waals surface area contributed by atoms with Crippen LogP contribution in [-0.2, 0) is 10.8 Å². The van der Waals surface area contributed by atoms with Crippen molar-refractivity contribution in [2.24, 2.45) is 0 Å². The van der Waals surface area contributed by atoms with Gasteiger partial charge >= 0.3 is 0 Å². The van der Waals surface area contributed by atoms with E-state index < -0.39 is 13.7 Å². The van der Waals surface area contributed by atoms with E-state index in [0.29, 0.717) is 28.2 Å². The highest BCUT2D eigenvalue weighted by atomic mass is 16.3. The Labute approximate surface area is 250 Å². The first kappa shape index (κ1) is 20.5. The first-order chi connectivity index (χ1) is 21.8. The zero-order chi connectivity index (χ0) is 34.1. The molecule has 0 N–H and O–H groups in total. The molecular weight excluding hydrogens is 504 g/mol. The molecule has 0 atom stereocenters. The van der Waals surface area contributed by atoms with Crippen molar-refractivity contribution in [2.75, 3.05) is 0 Å². The number of aromatic nitrogens is 4. The van der Waals surface area contributed by atoms with Crippen LogP contribution in [0, 0.1) is 13.7 Å². The molecule has 0 fully saturated rings. The molecule has 5 nitrogen and oxygen atoms in total. The van der Waals surface area contributed by atoms with Crippen LogP contribution in [0.5, 0.6) is 0 Å². The molecule has 3 heterocycles. The number of hydrogen-bond donors (Lipinski definition) is 0. The third-order valence-corrected chi connectivity index (χ3v) is 7.11. The van der Waals surface area contributed by atoms with Crippen LogP contribution in [0.4, 0.5) is 0 Å². The van der Waals surface area contributed by atoms with Crippen molar-refractivity contribution in [3.05, 3.63) is 95.7 Å². The van der Waals surface area contributed by atoms with Gasteiger partial charge in [-0.3, -0.25) is 4.98 Å². The molecule has 0 saturated carbocycles. The van der Waals surface area contributed by atoms with Crippen LogP contribution in [0.2, 0.25) is 0 Å². The number of benzene rings is 3. The molecule has 3 aromatic carbocycles. The number of nitrogens with zero attached hydrogens (tertiary/aromatic N) is 4. The standard InChI is InChI=1S/C36H36N4O/c1-21-18-29(37-20-22(21)2)28-17-11-16-27-26-15-10-14-25(30(26)41-31(27)28)23-12-9-13-24(19-23)32-38-33(35(3,4)5)40-34(39-32)36(6,7)8/h9-20H,1-8H3/i1D3,2D3. The number of rotatable bonds is 3. The quantitative estimate of drug-likeness (QED) is 0.221. The number of aryl methyl sites for hydroxylation is 2. The van der Waals surface area contributed by atoms with Crippen LogP contribution < -0.4 is 0 Å².